The van der Waals surface area contributed by atoms with Crippen molar-refractivity contribution >= 4 is 11.8 Å². The molecule has 1 aliphatic heterocycles. The van der Waals surface area contributed by atoms with Crippen LogP contribution in [0.25, 0.3) is 0 Å². The van der Waals surface area contributed by atoms with Crippen molar-refractivity contribution in [2.45, 2.75) is 25.2 Å². The van der Waals surface area contributed by atoms with Gasteiger partial charge in [0.15, 0.2) is 0 Å². The molecular formula is C17H22F3N3O4. The highest BCUT2D eigenvalue weighted by Crippen LogP contribution is 2.24. The van der Waals surface area contributed by atoms with Crippen molar-refractivity contribution in [1.29, 1.82) is 0 Å². The van der Waals surface area contributed by atoms with Gasteiger partial charge in [-0.05, 0) is 17.7 Å². The van der Waals surface area contributed by atoms with Gasteiger partial charge in [0.05, 0.1) is 26.7 Å². The van der Waals surface area contributed by atoms with Gasteiger partial charge in [-0.3, -0.25) is 14.5 Å². The Kier molecular flexibility index (Phi) is 6.89. The van der Waals surface area contributed by atoms with Gasteiger partial charge in [-0.1, -0.05) is 0 Å². The molecule has 1 saturated heterocycles. The van der Waals surface area contributed by atoms with Crippen LogP contribution in [0.1, 0.15) is 12.0 Å². The number of nitrogens with zero attached hydrogens (tertiary/aromatic N) is 1. The Hall–Kier alpha value is -2.49. The summed E-state index contributed by atoms with van der Waals surface area (Å²) < 4.78 is 47.2. The van der Waals surface area contributed by atoms with Crippen LogP contribution < -0.4 is 20.1 Å². The normalized spacial score (nSPS) is 18.0. The number of nitrogens with one attached hydrogen (secondary N) is 2. The number of hydrogen-bond donors (Lipinski definition) is 2. The molecule has 1 heterocycles. The predicted octanol–water partition coefficient (Wildman–Crippen LogP) is 1.07. The Labute approximate surface area is 154 Å². The van der Waals surface area contributed by atoms with Crippen molar-refractivity contribution in [1.82, 2.24) is 15.5 Å². The molecule has 1 unspecified atom stereocenters. The van der Waals surface area contributed by atoms with Crippen LogP contribution in [0.5, 0.6) is 11.5 Å². The first-order valence-electron chi connectivity index (χ1n) is 8.29. The first kappa shape index (κ1) is 20.8. The van der Waals surface area contributed by atoms with E-state index in [1.54, 1.807) is 28.4 Å². The second-order valence-corrected chi connectivity index (χ2v) is 6.09. The number of methoxy groups -OCH3 is 2. The van der Waals surface area contributed by atoms with Gasteiger partial charge in [-0.15, -0.1) is 0 Å². The smallest absolute Gasteiger partial charge is 0.405 e. The number of hydrogen-bond acceptors (Lipinski definition) is 5. The maximum atomic E-state index is 12.3. The Morgan fingerprint density at radius 3 is 2.44 bits per heavy atom. The van der Waals surface area contributed by atoms with E-state index in [1.165, 1.54) is 14.2 Å². The van der Waals surface area contributed by atoms with Crippen LogP contribution in [0.3, 0.4) is 0 Å². The molecule has 0 spiro atoms. The average molecular weight is 389 g/mol. The Balaban J connectivity index is 2.09. The SMILES string of the molecule is COc1cc(CN2CCNC(=O)C2CC(=O)NCC(F)(F)F)cc(OC)c1. The van der Waals surface area contributed by atoms with Gasteiger partial charge in [-0.2, -0.15) is 13.2 Å². The zero-order valence-corrected chi connectivity index (χ0v) is 15.1. The molecular weight excluding hydrogens is 367 g/mol. The van der Waals surface area contributed by atoms with E-state index in [0.717, 1.165) is 5.56 Å². The standard InChI is InChI=1S/C17H22F3N3O4/c1-26-12-5-11(6-13(7-12)27-2)9-23-4-3-21-16(25)14(23)8-15(24)22-10-17(18,19)20/h5-7,14H,3-4,8-10H2,1-2H3,(H,21,25)(H,22,24). The lowest BCUT2D eigenvalue weighted by molar-refractivity contribution is -0.141. The molecule has 150 valence electrons. The summed E-state index contributed by atoms with van der Waals surface area (Å²) in [5, 5.41) is 4.44. The number of rotatable bonds is 7. The van der Waals surface area contributed by atoms with Crippen molar-refractivity contribution in [2.24, 2.45) is 0 Å². The summed E-state index contributed by atoms with van der Waals surface area (Å²) in [4.78, 5) is 25.8. The molecule has 2 N–H and O–H groups in total. The summed E-state index contributed by atoms with van der Waals surface area (Å²) in [6.45, 7) is -0.255. The van der Waals surface area contributed by atoms with E-state index >= 15 is 0 Å². The molecule has 1 aromatic rings. The van der Waals surface area contributed by atoms with E-state index in [2.05, 4.69) is 5.32 Å². The molecule has 10 heteroatoms. The molecule has 1 fully saturated rings. The minimum atomic E-state index is -4.50. The van der Waals surface area contributed by atoms with E-state index in [-0.39, 0.29) is 6.42 Å². The van der Waals surface area contributed by atoms with Crippen LogP contribution in [0, 0.1) is 0 Å². The van der Waals surface area contributed by atoms with Crippen LogP contribution >= 0.6 is 0 Å². The lowest BCUT2D eigenvalue weighted by atomic mass is 10.1. The molecule has 1 aliphatic rings. The van der Waals surface area contributed by atoms with Crippen LogP contribution in [-0.4, -0.2) is 62.8 Å². The maximum absolute atomic E-state index is 12.3. The van der Waals surface area contributed by atoms with E-state index in [1.807, 2.05) is 0 Å². The number of benzene rings is 1. The topological polar surface area (TPSA) is 79.9 Å². The molecule has 1 aromatic carbocycles. The summed E-state index contributed by atoms with van der Waals surface area (Å²) in [5.41, 5.74) is 0.793. The second-order valence-electron chi connectivity index (χ2n) is 6.09. The third kappa shape index (κ3) is 6.31. The first-order valence-corrected chi connectivity index (χ1v) is 8.29. The highest BCUT2D eigenvalue weighted by molar-refractivity contribution is 5.88. The van der Waals surface area contributed by atoms with Crippen molar-refractivity contribution in [3.05, 3.63) is 23.8 Å². The second kappa shape index (κ2) is 8.94. The molecule has 1 atom stereocenters. The number of carbonyl (C=O) groups excluding carboxylic acids is 2. The van der Waals surface area contributed by atoms with Gasteiger partial charge >= 0.3 is 6.18 Å². The highest BCUT2D eigenvalue weighted by Gasteiger charge is 2.33. The molecule has 7 nitrogen and oxygen atoms in total. The summed E-state index contributed by atoms with van der Waals surface area (Å²) in [5.74, 6) is -0.0727. The van der Waals surface area contributed by atoms with E-state index in [0.29, 0.717) is 31.1 Å². The molecule has 0 aliphatic carbocycles. The fraction of sp³-hybridized carbons (Fsp3) is 0.529. The van der Waals surface area contributed by atoms with Crippen molar-refractivity contribution < 1.29 is 32.2 Å². The largest absolute Gasteiger partial charge is 0.497 e. The quantitative estimate of drug-likeness (QED) is 0.730. The van der Waals surface area contributed by atoms with Crippen molar-refractivity contribution in [3.8, 4) is 11.5 Å². The van der Waals surface area contributed by atoms with E-state index in [4.69, 9.17) is 9.47 Å². The zero-order chi connectivity index (χ0) is 20.0. The van der Waals surface area contributed by atoms with E-state index < -0.39 is 30.6 Å². The summed E-state index contributed by atoms with van der Waals surface area (Å²) in [6.07, 6.45) is -4.86. The molecule has 0 aromatic heterocycles. The molecule has 0 bridgehead atoms. The van der Waals surface area contributed by atoms with Crippen molar-refractivity contribution in [2.75, 3.05) is 33.9 Å². The fourth-order valence-electron chi connectivity index (χ4n) is 2.81. The van der Waals surface area contributed by atoms with Crippen LogP contribution in [-0.2, 0) is 16.1 Å². The Bertz CT molecular complexity index is 660. The van der Waals surface area contributed by atoms with Crippen molar-refractivity contribution in [3.63, 3.8) is 0 Å². The highest BCUT2D eigenvalue weighted by atomic mass is 19.4. The average Bonchev–Trinajstić information content (AvgIpc) is 2.62. The van der Waals surface area contributed by atoms with Gasteiger partial charge in [-0.25, -0.2) is 0 Å². The maximum Gasteiger partial charge on any atom is 0.405 e. The Morgan fingerprint density at radius 2 is 1.89 bits per heavy atom. The van der Waals surface area contributed by atoms with Crippen LogP contribution in [0.2, 0.25) is 0 Å². The third-order valence-electron chi connectivity index (χ3n) is 4.10. The zero-order valence-electron chi connectivity index (χ0n) is 15.1. The Morgan fingerprint density at radius 1 is 1.26 bits per heavy atom. The van der Waals surface area contributed by atoms with Gasteiger partial charge in [0.25, 0.3) is 0 Å². The molecule has 0 saturated carbocycles. The number of halogens is 3. The lowest BCUT2D eigenvalue weighted by Crippen LogP contribution is -2.56. The van der Waals surface area contributed by atoms with Gasteiger partial charge < -0.3 is 20.1 Å². The molecule has 0 radical (unpaired) electrons. The summed E-state index contributed by atoms with van der Waals surface area (Å²) >= 11 is 0. The monoisotopic (exact) mass is 389 g/mol. The first-order chi connectivity index (χ1) is 12.7. The minimum Gasteiger partial charge on any atom is -0.497 e. The number of piperazine rings is 1. The summed E-state index contributed by atoms with van der Waals surface area (Å²) in [6, 6.07) is 4.39. The number of alkyl halides is 3. The number of ether oxygens (including phenoxy) is 2. The lowest BCUT2D eigenvalue weighted by Gasteiger charge is -2.34. The number of amides is 2. The third-order valence-corrected chi connectivity index (χ3v) is 4.10. The molecule has 2 amide bonds. The summed E-state index contributed by atoms with van der Waals surface area (Å²) in [7, 11) is 3.03. The molecule has 2 rings (SSSR count). The van der Waals surface area contributed by atoms with E-state index in [9.17, 15) is 22.8 Å². The van der Waals surface area contributed by atoms with Gasteiger partial charge in [0, 0.05) is 25.7 Å². The van der Waals surface area contributed by atoms with Crippen LogP contribution in [0.15, 0.2) is 18.2 Å². The van der Waals surface area contributed by atoms with Crippen LogP contribution in [0.4, 0.5) is 13.2 Å². The predicted molar refractivity (Wildman–Crippen MR) is 90.4 cm³/mol. The number of carbonyl (C=O) groups is 2. The fourth-order valence-corrected chi connectivity index (χ4v) is 2.81. The molecule has 27 heavy (non-hydrogen) atoms. The van der Waals surface area contributed by atoms with Gasteiger partial charge in [0.1, 0.15) is 18.0 Å². The van der Waals surface area contributed by atoms with Gasteiger partial charge in [0.2, 0.25) is 11.8 Å². The minimum absolute atomic E-state index is 0.318.